The summed E-state index contributed by atoms with van der Waals surface area (Å²) in [5.74, 6) is 0.883. The quantitative estimate of drug-likeness (QED) is 0.638. The fraction of sp³-hybridized carbons (Fsp3) is 0.417. The predicted molar refractivity (Wildman–Crippen MR) is 119 cm³/mol. The average molecular weight is 437 g/mol. The Balaban J connectivity index is 1.74. The predicted octanol–water partition coefficient (Wildman–Crippen LogP) is 4.85. The van der Waals surface area contributed by atoms with Crippen LogP contribution in [0.4, 0.5) is 10.5 Å². The van der Waals surface area contributed by atoms with Gasteiger partial charge in [0, 0.05) is 11.5 Å². The second-order valence-electron chi connectivity index (χ2n) is 8.93. The molecule has 168 valence electrons. The van der Waals surface area contributed by atoms with Crippen molar-refractivity contribution in [1.29, 1.82) is 5.26 Å². The van der Waals surface area contributed by atoms with Crippen LogP contribution in [-0.4, -0.2) is 22.6 Å². The first-order valence-corrected chi connectivity index (χ1v) is 10.6. The van der Waals surface area contributed by atoms with Crippen LogP contribution in [0.2, 0.25) is 0 Å². The minimum absolute atomic E-state index is 0.252. The third kappa shape index (κ3) is 4.83. The summed E-state index contributed by atoms with van der Waals surface area (Å²) in [5.41, 5.74) is 5.21. The van der Waals surface area contributed by atoms with E-state index in [9.17, 15) is 14.9 Å². The molecule has 2 amide bonds. The van der Waals surface area contributed by atoms with Gasteiger partial charge in [-0.05, 0) is 55.0 Å². The van der Waals surface area contributed by atoms with Gasteiger partial charge in [-0.1, -0.05) is 27.7 Å². The highest BCUT2D eigenvalue weighted by Gasteiger charge is 2.50. The highest BCUT2D eigenvalue weighted by Crippen LogP contribution is 2.43. The third-order valence-corrected chi connectivity index (χ3v) is 5.73. The molecule has 2 aromatic rings. The molecule has 1 aliphatic carbocycles. The van der Waals surface area contributed by atoms with Crippen molar-refractivity contribution in [2.24, 2.45) is 11.1 Å². The Morgan fingerprint density at radius 2 is 1.97 bits per heavy atom. The zero-order valence-corrected chi connectivity index (χ0v) is 18.8. The smallest absolute Gasteiger partial charge is 0.405 e. The van der Waals surface area contributed by atoms with Crippen LogP contribution in [0.1, 0.15) is 64.0 Å². The van der Waals surface area contributed by atoms with Crippen LogP contribution in [0.25, 0.3) is 0 Å². The van der Waals surface area contributed by atoms with E-state index in [1.165, 1.54) is 6.20 Å². The summed E-state index contributed by atoms with van der Waals surface area (Å²) in [6, 6.07) is 10.9. The Hall–Kier alpha value is -3.60. The molecule has 1 heterocycles. The summed E-state index contributed by atoms with van der Waals surface area (Å²) in [4.78, 5) is 28.8. The Morgan fingerprint density at radius 3 is 2.47 bits per heavy atom. The number of carbonyl (C=O) groups is 2. The number of nitrogens with two attached hydrogens (primary N) is 1. The monoisotopic (exact) mass is 436 g/mol. The fourth-order valence-electron chi connectivity index (χ4n) is 3.78. The Labute approximate surface area is 187 Å². The second-order valence-corrected chi connectivity index (χ2v) is 8.93. The number of amides is 2. The van der Waals surface area contributed by atoms with Crippen molar-refractivity contribution in [2.45, 2.75) is 58.5 Å². The third-order valence-electron chi connectivity index (χ3n) is 5.73. The van der Waals surface area contributed by atoms with E-state index < -0.39 is 23.0 Å². The first-order valence-electron chi connectivity index (χ1n) is 10.6. The number of benzene rings is 1. The molecule has 1 saturated carbocycles. The maximum absolute atomic E-state index is 13.1. The van der Waals surface area contributed by atoms with Crippen molar-refractivity contribution in [3.05, 3.63) is 47.7 Å². The average Bonchev–Trinajstić information content (AvgIpc) is 3.57. The zero-order chi connectivity index (χ0) is 23.5. The summed E-state index contributed by atoms with van der Waals surface area (Å²) >= 11 is 0. The van der Waals surface area contributed by atoms with Crippen molar-refractivity contribution in [2.75, 3.05) is 5.32 Å². The van der Waals surface area contributed by atoms with Gasteiger partial charge in [0.2, 0.25) is 5.88 Å². The molecule has 8 heteroatoms. The van der Waals surface area contributed by atoms with Crippen LogP contribution in [0, 0.1) is 16.7 Å². The highest BCUT2D eigenvalue weighted by molar-refractivity contribution is 5.99. The number of aromatic nitrogens is 1. The van der Waals surface area contributed by atoms with E-state index in [0.29, 0.717) is 28.8 Å². The van der Waals surface area contributed by atoms with Crippen molar-refractivity contribution in [1.82, 2.24) is 4.98 Å². The first-order chi connectivity index (χ1) is 15.1. The molecule has 1 aromatic carbocycles. The van der Waals surface area contributed by atoms with Gasteiger partial charge in [0.15, 0.2) is 5.60 Å². The summed E-state index contributed by atoms with van der Waals surface area (Å²) in [5, 5.41) is 12.0. The van der Waals surface area contributed by atoms with Crippen molar-refractivity contribution >= 4 is 17.7 Å². The van der Waals surface area contributed by atoms with Crippen molar-refractivity contribution < 1.29 is 19.1 Å². The number of primary amides is 1. The van der Waals surface area contributed by atoms with E-state index in [2.05, 4.69) is 16.4 Å². The summed E-state index contributed by atoms with van der Waals surface area (Å²) in [7, 11) is 0. The van der Waals surface area contributed by atoms with E-state index in [1.54, 1.807) is 31.2 Å². The lowest BCUT2D eigenvalue weighted by Gasteiger charge is -2.41. The largest absolute Gasteiger partial charge is 0.439 e. The van der Waals surface area contributed by atoms with Gasteiger partial charge in [-0.2, -0.15) is 5.26 Å². The molecular weight excluding hydrogens is 408 g/mol. The number of nitrogens with zero attached hydrogens (tertiary/aromatic N) is 2. The number of rotatable bonds is 7. The molecule has 1 atom stereocenters. The second kappa shape index (κ2) is 8.87. The van der Waals surface area contributed by atoms with Crippen LogP contribution in [0.5, 0.6) is 11.6 Å². The van der Waals surface area contributed by atoms with E-state index in [-0.39, 0.29) is 6.42 Å². The molecule has 0 aliphatic heterocycles. The van der Waals surface area contributed by atoms with E-state index >= 15 is 0 Å². The molecule has 3 rings (SSSR count). The normalized spacial score (nSPS) is 15.2. The first kappa shape index (κ1) is 23.1. The van der Waals surface area contributed by atoms with Crippen molar-refractivity contribution in [3.8, 4) is 17.7 Å². The van der Waals surface area contributed by atoms with E-state index in [1.807, 2.05) is 26.8 Å². The standard InChI is InChI=1S/C24H28N4O4/c1-5-24(23(2,3)4,32-22(26)30)21(29)28-17-9-11-20(27-14-17)31-18-10-8-16(13-25)19(12-18)15-6-7-15/h8-12,14-15H,5-7H2,1-4H3,(H2,26,30)(H,28,29)/t24-/m0/s1. The van der Waals surface area contributed by atoms with Crippen LogP contribution < -0.4 is 15.8 Å². The summed E-state index contributed by atoms with van der Waals surface area (Å²) in [6.45, 7) is 7.18. The maximum Gasteiger partial charge on any atom is 0.405 e. The molecule has 1 aliphatic rings. The number of carbonyl (C=O) groups excluding carboxylic acids is 2. The molecule has 1 fully saturated rings. The molecule has 8 nitrogen and oxygen atoms in total. The molecule has 1 aromatic heterocycles. The van der Waals surface area contributed by atoms with Gasteiger partial charge in [-0.15, -0.1) is 0 Å². The van der Waals surface area contributed by atoms with Crippen molar-refractivity contribution in [3.63, 3.8) is 0 Å². The molecule has 3 N–H and O–H groups in total. The molecule has 32 heavy (non-hydrogen) atoms. The van der Waals surface area contributed by atoms with Gasteiger partial charge in [-0.25, -0.2) is 9.78 Å². The zero-order valence-electron chi connectivity index (χ0n) is 18.8. The number of pyridine rings is 1. The molecule has 0 spiro atoms. The number of hydrogen-bond donors (Lipinski definition) is 2. The van der Waals surface area contributed by atoms with Gasteiger partial charge >= 0.3 is 6.09 Å². The fourth-order valence-corrected chi connectivity index (χ4v) is 3.78. The Morgan fingerprint density at radius 1 is 1.25 bits per heavy atom. The van der Waals surface area contributed by atoms with Gasteiger partial charge in [-0.3, -0.25) is 4.79 Å². The molecule has 0 bridgehead atoms. The molecule has 0 radical (unpaired) electrons. The van der Waals surface area contributed by atoms with Crippen LogP contribution in [-0.2, 0) is 9.53 Å². The highest BCUT2D eigenvalue weighted by atomic mass is 16.6. The number of anilines is 1. The summed E-state index contributed by atoms with van der Waals surface area (Å²) < 4.78 is 11.1. The number of nitriles is 1. The SMILES string of the molecule is CC[C@](OC(N)=O)(C(=O)Nc1ccc(Oc2ccc(C#N)c(C3CC3)c2)nc1)C(C)(C)C. The lowest BCUT2D eigenvalue weighted by atomic mass is 9.73. The van der Waals surface area contributed by atoms with Gasteiger partial charge in [0.1, 0.15) is 5.75 Å². The van der Waals surface area contributed by atoms with E-state index in [0.717, 1.165) is 18.4 Å². The van der Waals surface area contributed by atoms with Crippen LogP contribution in [0.15, 0.2) is 36.5 Å². The number of ether oxygens (including phenoxy) is 2. The van der Waals surface area contributed by atoms with Gasteiger partial charge in [0.05, 0.1) is 23.5 Å². The minimum atomic E-state index is -1.43. The maximum atomic E-state index is 13.1. The number of hydrogen-bond acceptors (Lipinski definition) is 6. The van der Waals surface area contributed by atoms with Gasteiger partial charge < -0.3 is 20.5 Å². The lowest BCUT2D eigenvalue weighted by Crippen LogP contribution is -2.56. The molecule has 0 saturated heterocycles. The minimum Gasteiger partial charge on any atom is -0.439 e. The Kier molecular flexibility index (Phi) is 6.40. The topological polar surface area (TPSA) is 127 Å². The summed E-state index contributed by atoms with van der Waals surface area (Å²) in [6.07, 6.45) is 2.87. The van der Waals surface area contributed by atoms with Crippen LogP contribution >= 0.6 is 0 Å². The van der Waals surface area contributed by atoms with Gasteiger partial charge in [0.25, 0.3) is 5.91 Å². The van der Waals surface area contributed by atoms with Crippen LogP contribution in [0.3, 0.4) is 0 Å². The molecular formula is C24H28N4O4. The molecule has 0 unspecified atom stereocenters. The lowest BCUT2D eigenvalue weighted by molar-refractivity contribution is -0.146. The van der Waals surface area contributed by atoms with E-state index in [4.69, 9.17) is 15.2 Å². The number of nitrogens with one attached hydrogen (secondary N) is 1. The Bertz CT molecular complexity index is 1050.